The summed E-state index contributed by atoms with van der Waals surface area (Å²) in [4.78, 5) is 33.2. The maximum atomic E-state index is 13.4. The van der Waals surface area contributed by atoms with E-state index in [9.17, 15) is 9.59 Å². The summed E-state index contributed by atoms with van der Waals surface area (Å²) in [5.41, 5.74) is 0.797. The number of piperidine rings is 1. The van der Waals surface area contributed by atoms with Crippen molar-refractivity contribution in [2.45, 2.75) is 25.4 Å². The van der Waals surface area contributed by atoms with Gasteiger partial charge in [0.05, 0.1) is 12.8 Å². The van der Waals surface area contributed by atoms with Gasteiger partial charge in [-0.25, -0.2) is 0 Å². The highest BCUT2D eigenvalue weighted by Crippen LogP contribution is 2.22. The number of pyridine rings is 1. The third-order valence-electron chi connectivity index (χ3n) is 5.32. The molecule has 0 aliphatic carbocycles. The topological polar surface area (TPSA) is 69.5 Å². The molecule has 7 heteroatoms. The van der Waals surface area contributed by atoms with Crippen LogP contribution >= 0.6 is 15.9 Å². The van der Waals surface area contributed by atoms with Crippen LogP contribution in [-0.4, -0.2) is 46.9 Å². The average molecular weight is 444 g/mol. The number of hydrogen-bond acceptors (Lipinski definition) is 4. The van der Waals surface area contributed by atoms with Gasteiger partial charge in [0.2, 0.25) is 0 Å². The van der Waals surface area contributed by atoms with E-state index in [1.807, 2.05) is 29.2 Å². The van der Waals surface area contributed by atoms with E-state index < -0.39 is 0 Å². The SMILES string of the molecule is CN1CCC(N(Cc2ccco2)C(=O)c2cc(=O)c3cc(Br)ccc3[nH]2)CC1. The summed E-state index contributed by atoms with van der Waals surface area (Å²) in [6, 6.07) is 10.6. The molecular weight excluding hydrogens is 422 g/mol. The van der Waals surface area contributed by atoms with Gasteiger partial charge < -0.3 is 19.2 Å². The number of H-pyrrole nitrogens is 1. The second-order valence-corrected chi connectivity index (χ2v) is 8.20. The Hall–Kier alpha value is -2.38. The van der Waals surface area contributed by atoms with Crippen molar-refractivity contribution in [1.29, 1.82) is 0 Å². The molecule has 0 atom stereocenters. The van der Waals surface area contributed by atoms with Crippen LogP contribution in [0.3, 0.4) is 0 Å². The predicted octanol–water partition coefficient (Wildman–Crippen LogP) is 3.62. The Morgan fingerprint density at radius 2 is 2.07 bits per heavy atom. The van der Waals surface area contributed by atoms with Crippen molar-refractivity contribution in [1.82, 2.24) is 14.8 Å². The van der Waals surface area contributed by atoms with Crippen LogP contribution < -0.4 is 5.43 Å². The van der Waals surface area contributed by atoms with Crippen molar-refractivity contribution in [3.8, 4) is 0 Å². The summed E-state index contributed by atoms with van der Waals surface area (Å²) < 4.78 is 6.32. The van der Waals surface area contributed by atoms with Gasteiger partial charge in [-0.1, -0.05) is 15.9 Å². The Morgan fingerprint density at radius 1 is 1.29 bits per heavy atom. The Kier molecular flexibility index (Phi) is 5.37. The molecule has 1 saturated heterocycles. The lowest BCUT2D eigenvalue weighted by atomic mass is 10.0. The second-order valence-electron chi connectivity index (χ2n) is 7.28. The van der Waals surface area contributed by atoms with Crippen LogP contribution in [0.1, 0.15) is 29.1 Å². The molecule has 3 heterocycles. The first kappa shape index (κ1) is 19.0. The first-order valence-electron chi connectivity index (χ1n) is 9.36. The molecule has 3 aromatic rings. The molecular formula is C21H22BrN3O3. The van der Waals surface area contributed by atoms with Crippen molar-refractivity contribution in [3.05, 3.63) is 68.8 Å². The standard InChI is InChI=1S/C21H22BrN3O3/c1-24-8-6-15(7-9-24)25(13-16-3-2-10-28-16)21(27)19-12-20(26)17-11-14(22)4-5-18(17)23-19/h2-5,10-12,15H,6-9,13H2,1H3,(H,23,26). The fourth-order valence-corrected chi connectivity index (χ4v) is 4.09. The molecule has 0 radical (unpaired) electrons. The third kappa shape index (κ3) is 3.91. The highest BCUT2D eigenvalue weighted by molar-refractivity contribution is 9.10. The van der Waals surface area contributed by atoms with E-state index >= 15 is 0 Å². The van der Waals surface area contributed by atoms with Crippen molar-refractivity contribution in [2.75, 3.05) is 20.1 Å². The second kappa shape index (κ2) is 7.93. The van der Waals surface area contributed by atoms with Gasteiger partial charge in [-0.15, -0.1) is 0 Å². The molecule has 1 fully saturated rings. The number of nitrogens with zero attached hydrogens (tertiary/aromatic N) is 2. The van der Waals surface area contributed by atoms with Crippen LogP contribution in [-0.2, 0) is 6.54 Å². The van der Waals surface area contributed by atoms with Crippen LogP contribution in [0.5, 0.6) is 0 Å². The number of benzene rings is 1. The summed E-state index contributed by atoms with van der Waals surface area (Å²) >= 11 is 3.39. The summed E-state index contributed by atoms with van der Waals surface area (Å²) in [7, 11) is 2.09. The number of furan rings is 1. The van der Waals surface area contributed by atoms with Crippen LogP contribution in [0.4, 0.5) is 0 Å². The molecule has 0 spiro atoms. The van der Waals surface area contributed by atoms with Gasteiger partial charge in [0, 0.05) is 27.5 Å². The molecule has 2 aromatic heterocycles. The average Bonchev–Trinajstić information content (AvgIpc) is 3.20. The number of carbonyl (C=O) groups is 1. The van der Waals surface area contributed by atoms with Crippen molar-refractivity contribution in [3.63, 3.8) is 0 Å². The van der Waals surface area contributed by atoms with Gasteiger partial charge in [0.25, 0.3) is 5.91 Å². The smallest absolute Gasteiger partial charge is 0.271 e. The fraction of sp³-hybridized carbons (Fsp3) is 0.333. The number of likely N-dealkylation sites (tertiary alicyclic amines) is 1. The summed E-state index contributed by atoms with van der Waals surface area (Å²) in [5, 5.41) is 0.558. The quantitative estimate of drug-likeness (QED) is 0.668. The maximum Gasteiger partial charge on any atom is 0.271 e. The normalized spacial score (nSPS) is 15.8. The highest BCUT2D eigenvalue weighted by Gasteiger charge is 2.29. The zero-order valence-electron chi connectivity index (χ0n) is 15.7. The van der Waals surface area contributed by atoms with E-state index in [0.717, 1.165) is 36.2 Å². The van der Waals surface area contributed by atoms with Crippen LogP contribution in [0.2, 0.25) is 0 Å². The minimum Gasteiger partial charge on any atom is -0.467 e. The summed E-state index contributed by atoms with van der Waals surface area (Å²) in [6.45, 7) is 2.27. The molecule has 1 aliphatic rings. The van der Waals surface area contributed by atoms with Crippen molar-refractivity contribution in [2.24, 2.45) is 0 Å². The molecule has 1 N–H and O–H groups in total. The van der Waals surface area contributed by atoms with E-state index in [1.165, 1.54) is 6.07 Å². The minimum atomic E-state index is -0.173. The van der Waals surface area contributed by atoms with Crippen LogP contribution in [0.25, 0.3) is 10.9 Å². The molecule has 0 saturated carbocycles. The fourth-order valence-electron chi connectivity index (χ4n) is 3.73. The molecule has 4 rings (SSSR count). The number of fused-ring (bicyclic) bond motifs is 1. The first-order valence-corrected chi connectivity index (χ1v) is 10.1. The molecule has 1 amide bonds. The third-order valence-corrected chi connectivity index (χ3v) is 5.81. The van der Waals surface area contributed by atoms with E-state index in [4.69, 9.17) is 4.42 Å². The van der Waals surface area contributed by atoms with Crippen LogP contribution in [0, 0.1) is 0 Å². The zero-order valence-corrected chi connectivity index (χ0v) is 17.2. The number of carbonyl (C=O) groups excluding carboxylic acids is 1. The summed E-state index contributed by atoms with van der Waals surface area (Å²) in [6.07, 6.45) is 3.41. The first-order chi connectivity index (χ1) is 13.5. The Bertz CT molecular complexity index is 1040. The number of aromatic nitrogens is 1. The maximum absolute atomic E-state index is 13.4. The van der Waals surface area contributed by atoms with Gasteiger partial charge in [0.15, 0.2) is 5.43 Å². The monoisotopic (exact) mass is 443 g/mol. The number of amides is 1. The van der Waals surface area contributed by atoms with Gasteiger partial charge in [-0.05, 0) is 63.3 Å². The van der Waals surface area contributed by atoms with E-state index in [0.29, 0.717) is 23.1 Å². The van der Waals surface area contributed by atoms with Crippen molar-refractivity contribution >= 4 is 32.7 Å². The van der Waals surface area contributed by atoms with Gasteiger partial charge in [-0.2, -0.15) is 0 Å². The number of rotatable bonds is 4. The molecule has 0 unspecified atom stereocenters. The molecule has 1 aromatic carbocycles. The molecule has 1 aliphatic heterocycles. The lowest BCUT2D eigenvalue weighted by Crippen LogP contribution is -2.46. The Morgan fingerprint density at radius 3 is 2.79 bits per heavy atom. The lowest BCUT2D eigenvalue weighted by Gasteiger charge is -2.37. The lowest BCUT2D eigenvalue weighted by molar-refractivity contribution is 0.0545. The van der Waals surface area contributed by atoms with Gasteiger partial charge in [-0.3, -0.25) is 9.59 Å². The van der Waals surface area contributed by atoms with E-state index in [-0.39, 0.29) is 17.4 Å². The highest BCUT2D eigenvalue weighted by atomic mass is 79.9. The zero-order chi connectivity index (χ0) is 19.7. The number of hydrogen-bond donors (Lipinski definition) is 1. The predicted molar refractivity (Wildman–Crippen MR) is 111 cm³/mol. The van der Waals surface area contributed by atoms with Gasteiger partial charge >= 0.3 is 0 Å². The van der Waals surface area contributed by atoms with Crippen molar-refractivity contribution < 1.29 is 9.21 Å². The number of aromatic amines is 1. The number of halogens is 1. The largest absolute Gasteiger partial charge is 0.467 e. The van der Waals surface area contributed by atoms with E-state index in [2.05, 4.69) is 32.9 Å². The molecule has 6 nitrogen and oxygen atoms in total. The minimum absolute atomic E-state index is 0.109. The van der Waals surface area contributed by atoms with Crippen LogP contribution in [0.15, 0.2) is 56.3 Å². The Balaban J connectivity index is 1.69. The van der Waals surface area contributed by atoms with Gasteiger partial charge in [0.1, 0.15) is 11.5 Å². The molecule has 146 valence electrons. The molecule has 28 heavy (non-hydrogen) atoms. The number of nitrogens with one attached hydrogen (secondary N) is 1. The Labute approximate surface area is 171 Å². The van der Waals surface area contributed by atoms with E-state index in [1.54, 1.807) is 12.3 Å². The summed E-state index contributed by atoms with van der Waals surface area (Å²) in [5.74, 6) is 0.562. The molecule has 0 bridgehead atoms.